The van der Waals surface area contributed by atoms with Crippen LogP contribution in [0.3, 0.4) is 0 Å². The van der Waals surface area contributed by atoms with Gasteiger partial charge < -0.3 is 0 Å². The van der Waals surface area contributed by atoms with Crippen molar-refractivity contribution in [1.29, 1.82) is 0 Å². The number of anilines is 1. The standard InChI is InChI=1S/C19H16ClNO2Se/c1-12(24-13-8-5-4-6-9-13)19(2)17(22)14-10-7-11-15(20)16(14)21(3)18(19)23/h4-11H,1H2,2-3H3. The van der Waals surface area contributed by atoms with Gasteiger partial charge in [-0.05, 0) is 0 Å². The van der Waals surface area contributed by atoms with E-state index in [1.807, 2.05) is 30.3 Å². The van der Waals surface area contributed by atoms with Gasteiger partial charge in [-0.1, -0.05) is 0 Å². The number of halogens is 1. The van der Waals surface area contributed by atoms with Gasteiger partial charge >= 0.3 is 152 Å². The molecule has 1 aliphatic heterocycles. The Morgan fingerprint density at radius 1 is 1.12 bits per heavy atom. The molecule has 1 atom stereocenters. The number of Topliss-reactive ketones (excluding diaryl/α,β-unsaturated/α-hetero) is 1. The van der Waals surface area contributed by atoms with Crippen LogP contribution in [-0.4, -0.2) is 33.7 Å². The van der Waals surface area contributed by atoms with E-state index in [4.69, 9.17) is 11.6 Å². The summed E-state index contributed by atoms with van der Waals surface area (Å²) >= 11 is 6.02. The van der Waals surface area contributed by atoms with Crippen LogP contribution in [0.25, 0.3) is 0 Å². The van der Waals surface area contributed by atoms with E-state index in [2.05, 4.69) is 6.58 Å². The van der Waals surface area contributed by atoms with Crippen LogP contribution >= 0.6 is 11.6 Å². The van der Waals surface area contributed by atoms with Gasteiger partial charge in [0.1, 0.15) is 0 Å². The first-order chi connectivity index (χ1) is 11.4. The Bertz CT molecular complexity index is 850. The molecule has 0 N–H and O–H groups in total. The average molecular weight is 405 g/mol. The van der Waals surface area contributed by atoms with Crippen LogP contribution < -0.4 is 9.36 Å². The molecule has 1 aliphatic rings. The first-order valence-corrected chi connectivity index (χ1v) is 9.50. The fourth-order valence-corrected chi connectivity index (χ4v) is 5.14. The topological polar surface area (TPSA) is 37.4 Å². The average Bonchev–Trinajstić information content (AvgIpc) is 2.58. The Morgan fingerprint density at radius 3 is 2.46 bits per heavy atom. The van der Waals surface area contributed by atoms with E-state index in [1.165, 1.54) is 4.90 Å². The molecule has 0 aliphatic carbocycles. The number of hydrogen-bond donors (Lipinski definition) is 0. The van der Waals surface area contributed by atoms with Crippen molar-refractivity contribution in [3.05, 3.63) is 70.2 Å². The van der Waals surface area contributed by atoms with E-state index in [1.54, 1.807) is 32.2 Å². The van der Waals surface area contributed by atoms with Crippen LogP contribution in [0.1, 0.15) is 17.3 Å². The van der Waals surface area contributed by atoms with Crippen LogP contribution in [0, 0.1) is 5.41 Å². The molecule has 24 heavy (non-hydrogen) atoms. The number of hydrogen-bond acceptors (Lipinski definition) is 2. The maximum absolute atomic E-state index is 13.1. The molecule has 2 aromatic rings. The molecule has 5 heteroatoms. The molecule has 0 aromatic heterocycles. The first kappa shape index (κ1) is 17.0. The Labute approximate surface area is 152 Å². The Hall–Kier alpha value is -1.87. The van der Waals surface area contributed by atoms with Crippen molar-refractivity contribution in [2.75, 3.05) is 11.9 Å². The molecule has 0 bridgehead atoms. The summed E-state index contributed by atoms with van der Waals surface area (Å²) in [4.78, 5) is 27.6. The quantitative estimate of drug-likeness (QED) is 0.582. The summed E-state index contributed by atoms with van der Waals surface area (Å²) in [7, 11) is 1.65. The summed E-state index contributed by atoms with van der Waals surface area (Å²) in [6, 6.07) is 14.9. The molecule has 1 unspecified atom stereocenters. The zero-order valence-electron chi connectivity index (χ0n) is 13.4. The number of fused-ring (bicyclic) bond motifs is 1. The summed E-state index contributed by atoms with van der Waals surface area (Å²) < 4.78 is 1.73. The Balaban J connectivity index is 2.05. The van der Waals surface area contributed by atoms with E-state index < -0.39 is 5.41 Å². The van der Waals surface area contributed by atoms with E-state index >= 15 is 0 Å². The van der Waals surface area contributed by atoms with Crippen molar-refractivity contribution >= 4 is 48.4 Å². The molecule has 0 radical (unpaired) electrons. The number of benzene rings is 2. The van der Waals surface area contributed by atoms with Crippen LogP contribution in [0.4, 0.5) is 5.69 Å². The van der Waals surface area contributed by atoms with Gasteiger partial charge in [-0.15, -0.1) is 0 Å². The van der Waals surface area contributed by atoms with Gasteiger partial charge in [0.25, 0.3) is 0 Å². The number of para-hydroxylation sites is 1. The van der Waals surface area contributed by atoms with Gasteiger partial charge in [-0.25, -0.2) is 0 Å². The van der Waals surface area contributed by atoms with Gasteiger partial charge in [0.15, 0.2) is 0 Å². The molecule has 3 rings (SSSR count). The normalized spacial score (nSPS) is 20.0. The second-order valence-electron chi connectivity index (χ2n) is 5.79. The van der Waals surface area contributed by atoms with E-state index in [9.17, 15) is 9.59 Å². The van der Waals surface area contributed by atoms with E-state index in [0.29, 0.717) is 20.7 Å². The Morgan fingerprint density at radius 2 is 1.79 bits per heavy atom. The number of rotatable bonds is 3. The Kier molecular flexibility index (Phi) is 4.39. The van der Waals surface area contributed by atoms with Gasteiger partial charge in [-0.2, -0.15) is 0 Å². The molecule has 3 nitrogen and oxygen atoms in total. The van der Waals surface area contributed by atoms with E-state index in [-0.39, 0.29) is 26.6 Å². The van der Waals surface area contributed by atoms with Crippen molar-refractivity contribution in [2.24, 2.45) is 5.41 Å². The number of amides is 1. The molecular weight excluding hydrogens is 389 g/mol. The van der Waals surface area contributed by atoms with Gasteiger partial charge in [0.05, 0.1) is 0 Å². The SMILES string of the molecule is C=C([Se]c1ccccc1)C1(C)C(=O)c2cccc(Cl)c2N(C)C1=O. The summed E-state index contributed by atoms with van der Waals surface area (Å²) in [6.45, 7) is 5.77. The predicted molar refractivity (Wildman–Crippen MR) is 98.3 cm³/mol. The molecule has 1 heterocycles. The van der Waals surface area contributed by atoms with Crippen molar-refractivity contribution in [2.45, 2.75) is 6.92 Å². The van der Waals surface area contributed by atoms with Gasteiger partial charge in [0, 0.05) is 0 Å². The van der Waals surface area contributed by atoms with Crippen LogP contribution in [0.5, 0.6) is 0 Å². The number of carbonyl (C=O) groups is 2. The van der Waals surface area contributed by atoms with Gasteiger partial charge in [-0.3, -0.25) is 0 Å². The summed E-state index contributed by atoms with van der Waals surface area (Å²) in [6.07, 6.45) is 0. The molecular formula is C19H16ClNO2Se. The molecule has 122 valence electrons. The first-order valence-electron chi connectivity index (χ1n) is 7.41. The molecule has 0 spiro atoms. The maximum atomic E-state index is 13.1. The fourth-order valence-electron chi connectivity index (χ4n) is 2.82. The minimum atomic E-state index is -1.26. The fraction of sp³-hybridized carbons (Fsp3) is 0.158. The van der Waals surface area contributed by atoms with Crippen molar-refractivity contribution in [3.8, 4) is 0 Å². The number of nitrogens with zero attached hydrogens (tertiary/aromatic N) is 1. The van der Waals surface area contributed by atoms with Crippen LogP contribution in [0.15, 0.2) is 59.6 Å². The third-order valence-electron chi connectivity index (χ3n) is 4.30. The predicted octanol–water partition coefficient (Wildman–Crippen LogP) is 3.05. The molecule has 0 saturated carbocycles. The summed E-state index contributed by atoms with van der Waals surface area (Å²) in [5.74, 6) is -0.512. The summed E-state index contributed by atoms with van der Waals surface area (Å²) in [5, 5.41) is 0.401. The van der Waals surface area contributed by atoms with Gasteiger partial charge in [0.2, 0.25) is 0 Å². The number of ketones is 1. The molecule has 0 saturated heterocycles. The second kappa shape index (κ2) is 6.21. The second-order valence-corrected chi connectivity index (χ2v) is 8.65. The third kappa shape index (κ3) is 2.51. The van der Waals surface area contributed by atoms with Crippen LogP contribution in [-0.2, 0) is 4.79 Å². The van der Waals surface area contributed by atoms with Crippen LogP contribution in [0.2, 0.25) is 5.02 Å². The van der Waals surface area contributed by atoms with Crippen molar-refractivity contribution < 1.29 is 9.59 Å². The minimum absolute atomic E-state index is 0.182. The molecule has 0 fully saturated rings. The zero-order valence-corrected chi connectivity index (χ0v) is 15.8. The molecule has 2 aromatic carbocycles. The van der Waals surface area contributed by atoms with Crippen molar-refractivity contribution in [1.82, 2.24) is 0 Å². The zero-order chi connectivity index (χ0) is 17.5. The number of carbonyl (C=O) groups excluding carboxylic acids is 2. The summed E-state index contributed by atoms with van der Waals surface area (Å²) in [5.41, 5.74) is -0.314. The molecule has 1 amide bonds. The third-order valence-corrected chi connectivity index (χ3v) is 7.04. The van der Waals surface area contributed by atoms with Crippen molar-refractivity contribution in [3.63, 3.8) is 0 Å². The van der Waals surface area contributed by atoms with E-state index in [0.717, 1.165) is 4.46 Å². The monoisotopic (exact) mass is 405 g/mol.